The number of benzene rings is 4. The van der Waals surface area contributed by atoms with E-state index in [2.05, 4.69) is 4.72 Å². The highest BCUT2D eigenvalue weighted by molar-refractivity contribution is 7.90. The number of amides is 1. The van der Waals surface area contributed by atoms with Crippen molar-refractivity contribution in [2.75, 3.05) is 13.7 Å². The quantitative estimate of drug-likeness (QED) is 0.219. The van der Waals surface area contributed by atoms with Crippen LogP contribution in [0.2, 0.25) is 5.02 Å². The number of rotatable bonds is 11. The van der Waals surface area contributed by atoms with Crippen LogP contribution in [0.15, 0.2) is 95.9 Å². The molecule has 0 aromatic heterocycles. The van der Waals surface area contributed by atoms with E-state index in [4.69, 9.17) is 21.1 Å². The fourth-order valence-electron chi connectivity index (χ4n) is 4.16. The SMILES string of the molecule is CCCOc1cc(OC)ccc1-c1ccc(C(=O)NS(=O)(=O)c2ccc(Cl)cc2)c(CCc2ccccc2)c1. The van der Waals surface area contributed by atoms with E-state index in [0.29, 0.717) is 36.0 Å². The minimum atomic E-state index is -4.09. The molecule has 39 heavy (non-hydrogen) atoms. The van der Waals surface area contributed by atoms with Gasteiger partial charge in [0.05, 0.1) is 18.6 Å². The van der Waals surface area contributed by atoms with E-state index < -0.39 is 15.9 Å². The molecule has 202 valence electrons. The lowest BCUT2D eigenvalue weighted by Crippen LogP contribution is -2.31. The number of aryl methyl sites for hydroxylation is 2. The molecule has 0 radical (unpaired) electrons. The van der Waals surface area contributed by atoms with Crippen molar-refractivity contribution in [3.05, 3.63) is 113 Å². The molecule has 0 spiro atoms. The summed E-state index contributed by atoms with van der Waals surface area (Å²) >= 11 is 5.89. The predicted molar refractivity (Wildman–Crippen MR) is 154 cm³/mol. The first kappa shape index (κ1) is 28.2. The van der Waals surface area contributed by atoms with Gasteiger partial charge < -0.3 is 9.47 Å². The van der Waals surface area contributed by atoms with Gasteiger partial charge in [0.1, 0.15) is 11.5 Å². The third-order valence-electron chi connectivity index (χ3n) is 6.19. The predicted octanol–water partition coefficient (Wildman–Crippen LogP) is 6.71. The highest BCUT2D eigenvalue weighted by Gasteiger charge is 2.22. The Balaban J connectivity index is 1.71. The zero-order chi connectivity index (χ0) is 27.8. The number of halogens is 1. The molecule has 0 saturated heterocycles. The Bertz CT molecular complexity index is 1540. The van der Waals surface area contributed by atoms with Crippen molar-refractivity contribution in [3.63, 3.8) is 0 Å². The Hall–Kier alpha value is -3.81. The summed E-state index contributed by atoms with van der Waals surface area (Å²) in [6, 6.07) is 26.6. The molecule has 0 atom stereocenters. The number of nitrogens with one attached hydrogen (secondary N) is 1. The van der Waals surface area contributed by atoms with Gasteiger partial charge in [-0.3, -0.25) is 4.79 Å². The van der Waals surface area contributed by atoms with Gasteiger partial charge in [-0.25, -0.2) is 13.1 Å². The van der Waals surface area contributed by atoms with Gasteiger partial charge in [-0.05, 0) is 78.4 Å². The molecule has 0 aliphatic rings. The van der Waals surface area contributed by atoms with Gasteiger partial charge in [0.25, 0.3) is 15.9 Å². The van der Waals surface area contributed by atoms with Crippen LogP contribution in [0.4, 0.5) is 0 Å². The van der Waals surface area contributed by atoms with Crippen LogP contribution in [-0.2, 0) is 22.9 Å². The van der Waals surface area contributed by atoms with E-state index in [0.717, 1.165) is 28.7 Å². The minimum absolute atomic E-state index is 0.0429. The third-order valence-corrected chi connectivity index (χ3v) is 7.79. The lowest BCUT2D eigenvalue weighted by atomic mass is 9.94. The Labute approximate surface area is 234 Å². The lowest BCUT2D eigenvalue weighted by Gasteiger charge is -2.16. The molecule has 6 nitrogen and oxygen atoms in total. The third kappa shape index (κ3) is 7.19. The van der Waals surface area contributed by atoms with Gasteiger partial charge in [-0.1, -0.05) is 61.0 Å². The van der Waals surface area contributed by atoms with E-state index in [1.165, 1.54) is 24.3 Å². The average molecular weight is 564 g/mol. The summed E-state index contributed by atoms with van der Waals surface area (Å²) in [6.45, 7) is 2.58. The molecule has 1 amide bonds. The van der Waals surface area contributed by atoms with Crippen LogP contribution in [-0.4, -0.2) is 28.0 Å². The molecule has 0 heterocycles. The highest BCUT2D eigenvalue weighted by Crippen LogP contribution is 2.35. The monoisotopic (exact) mass is 563 g/mol. The van der Waals surface area contributed by atoms with Crippen molar-refractivity contribution in [1.82, 2.24) is 4.72 Å². The van der Waals surface area contributed by atoms with Crippen molar-refractivity contribution in [2.45, 2.75) is 31.1 Å². The van der Waals surface area contributed by atoms with Crippen LogP contribution in [0, 0.1) is 0 Å². The highest BCUT2D eigenvalue weighted by atomic mass is 35.5. The van der Waals surface area contributed by atoms with E-state index in [-0.39, 0.29) is 10.5 Å². The number of hydrogen-bond acceptors (Lipinski definition) is 5. The number of carbonyl (C=O) groups is 1. The largest absolute Gasteiger partial charge is 0.497 e. The van der Waals surface area contributed by atoms with E-state index in [1.54, 1.807) is 19.2 Å². The van der Waals surface area contributed by atoms with Crippen LogP contribution < -0.4 is 14.2 Å². The van der Waals surface area contributed by atoms with Crippen molar-refractivity contribution >= 4 is 27.5 Å². The zero-order valence-corrected chi connectivity index (χ0v) is 23.4. The Morgan fingerprint density at radius 3 is 2.33 bits per heavy atom. The first-order valence-corrected chi connectivity index (χ1v) is 14.5. The van der Waals surface area contributed by atoms with Crippen molar-refractivity contribution < 1.29 is 22.7 Å². The summed E-state index contributed by atoms with van der Waals surface area (Å²) in [6.07, 6.45) is 2.05. The molecule has 0 bridgehead atoms. The van der Waals surface area contributed by atoms with Crippen LogP contribution in [0.5, 0.6) is 11.5 Å². The first-order chi connectivity index (χ1) is 18.8. The summed E-state index contributed by atoms with van der Waals surface area (Å²) in [7, 11) is -2.48. The maximum Gasteiger partial charge on any atom is 0.265 e. The molecule has 1 N–H and O–H groups in total. The molecule has 4 aromatic rings. The summed E-state index contributed by atoms with van der Waals surface area (Å²) < 4.78 is 39.4. The second-order valence-electron chi connectivity index (χ2n) is 8.96. The van der Waals surface area contributed by atoms with Gasteiger partial charge in [0, 0.05) is 22.2 Å². The number of hydrogen-bond donors (Lipinski definition) is 1. The summed E-state index contributed by atoms with van der Waals surface area (Å²) in [5, 5.41) is 0.403. The van der Waals surface area contributed by atoms with E-state index in [1.807, 2.05) is 61.5 Å². The molecule has 4 aromatic carbocycles. The van der Waals surface area contributed by atoms with Gasteiger partial charge >= 0.3 is 0 Å². The molecule has 8 heteroatoms. The number of sulfonamides is 1. The summed E-state index contributed by atoms with van der Waals surface area (Å²) in [4.78, 5) is 13.3. The van der Waals surface area contributed by atoms with E-state index in [9.17, 15) is 13.2 Å². The van der Waals surface area contributed by atoms with Crippen LogP contribution in [0.3, 0.4) is 0 Å². The maximum absolute atomic E-state index is 13.3. The van der Waals surface area contributed by atoms with Crippen molar-refractivity contribution in [3.8, 4) is 22.6 Å². The van der Waals surface area contributed by atoms with Crippen LogP contribution in [0.25, 0.3) is 11.1 Å². The lowest BCUT2D eigenvalue weighted by molar-refractivity contribution is 0.0980. The van der Waals surface area contributed by atoms with Gasteiger partial charge in [-0.15, -0.1) is 0 Å². The van der Waals surface area contributed by atoms with E-state index >= 15 is 0 Å². The average Bonchev–Trinajstić information content (AvgIpc) is 2.95. The second-order valence-corrected chi connectivity index (χ2v) is 11.1. The fraction of sp³-hybridized carbons (Fsp3) is 0.194. The van der Waals surface area contributed by atoms with Crippen LogP contribution in [0.1, 0.15) is 34.8 Å². The number of methoxy groups -OCH3 is 1. The topological polar surface area (TPSA) is 81.7 Å². The number of carbonyl (C=O) groups excluding carboxylic acids is 1. The second kappa shape index (κ2) is 12.8. The summed E-state index contributed by atoms with van der Waals surface area (Å²) in [5.74, 6) is 0.655. The molecule has 0 aliphatic carbocycles. The number of ether oxygens (including phenoxy) is 2. The zero-order valence-electron chi connectivity index (χ0n) is 21.8. The maximum atomic E-state index is 13.3. The molecule has 4 rings (SSSR count). The van der Waals surface area contributed by atoms with Gasteiger partial charge in [0.2, 0.25) is 0 Å². The van der Waals surface area contributed by atoms with Crippen LogP contribution >= 0.6 is 11.6 Å². The van der Waals surface area contributed by atoms with Crippen molar-refractivity contribution in [1.29, 1.82) is 0 Å². The Morgan fingerprint density at radius 2 is 1.64 bits per heavy atom. The molecule has 0 unspecified atom stereocenters. The fourth-order valence-corrected chi connectivity index (χ4v) is 5.25. The minimum Gasteiger partial charge on any atom is -0.497 e. The standard InChI is InChI=1S/C31H30ClNO5S/c1-3-19-38-30-21-26(37-2)14-18-28(30)23-11-17-29(24(20-23)10-9-22-7-5-4-6-8-22)31(34)33-39(35,36)27-15-12-25(32)13-16-27/h4-8,11-18,20-21H,3,9-10,19H2,1-2H3,(H,33,34). The molecule has 0 aliphatic heterocycles. The molecule has 0 saturated carbocycles. The smallest absolute Gasteiger partial charge is 0.265 e. The summed E-state index contributed by atoms with van der Waals surface area (Å²) in [5.41, 5.74) is 3.82. The molecular weight excluding hydrogens is 534 g/mol. The normalized spacial score (nSPS) is 11.2. The van der Waals surface area contributed by atoms with Gasteiger partial charge in [-0.2, -0.15) is 0 Å². The molecule has 0 fully saturated rings. The molecular formula is C31H30ClNO5S. The Morgan fingerprint density at radius 1 is 0.897 bits per heavy atom. The first-order valence-electron chi connectivity index (χ1n) is 12.6. The van der Waals surface area contributed by atoms with Gasteiger partial charge in [0.15, 0.2) is 0 Å². The van der Waals surface area contributed by atoms with Crippen molar-refractivity contribution in [2.24, 2.45) is 0 Å². The Kier molecular flexibility index (Phi) is 9.28.